The predicted octanol–water partition coefficient (Wildman–Crippen LogP) is 5.09. The Morgan fingerprint density at radius 3 is 1.39 bits per heavy atom. The molecule has 0 spiro atoms. The first kappa shape index (κ1) is 13.2. The smallest absolute Gasteiger partial charge is 0.121 e. The lowest BCUT2D eigenvalue weighted by Gasteiger charge is -2.40. The van der Waals surface area contributed by atoms with Gasteiger partial charge in [-0.25, -0.2) is 0 Å². The molecule has 1 fully saturated rings. The second-order valence-corrected chi connectivity index (χ2v) is 7.53. The zero-order valence-electron chi connectivity index (χ0n) is 13.5. The number of nitrogens with zero attached hydrogens (tertiary/aromatic N) is 2. The first-order valence-electron chi connectivity index (χ1n) is 8.38. The highest BCUT2D eigenvalue weighted by atomic mass is 15.3. The van der Waals surface area contributed by atoms with Gasteiger partial charge in [0.15, 0.2) is 0 Å². The first-order chi connectivity index (χ1) is 11.1. The van der Waals surface area contributed by atoms with Gasteiger partial charge in [0.2, 0.25) is 0 Å². The molecule has 1 aliphatic heterocycles. The molecule has 1 saturated carbocycles. The fourth-order valence-electron chi connectivity index (χ4n) is 5.40. The molecule has 114 valence electrons. The fourth-order valence-corrected chi connectivity index (χ4v) is 5.40. The van der Waals surface area contributed by atoms with E-state index in [9.17, 15) is 0 Å². The fraction of sp³-hybridized carbons (Fsp3) is 0.333. The Kier molecular flexibility index (Phi) is 2.30. The summed E-state index contributed by atoms with van der Waals surface area (Å²) in [6.45, 7) is 4.71. The zero-order valence-corrected chi connectivity index (χ0v) is 13.5. The maximum Gasteiger partial charge on any atom is 0.121 e. The van der Waals surface area contributed by atoms with Gasteiger partial charge in [-0.1, -0.05) is 86.7 Å². The minimum absolute atomic E-state index is 0.0679. The van der Waals surface area contributed by atoms with Crippen molar-refractivity contribution in [2.75, 3.05) is 0 Å². The molecule has 0 unspecified atom stereocenters. The van der Waals surface area contributed by atoms with Crippen LogP contribution in [0, 0.1) is 17.3 Å². The van der Waals surface area contributed by atoms with Crippen LogP contribution in [0.1, 0.15) is 25.0 Å². The van der Waals surface area contributed by atoms with E-state index in [1.54, 1.807) is 0 Å². The van der Waals surface area contributed by atoms with Crippen LogP contribution in [0.3, 0.4) is 0 Å². The van der Waals surface area contributed by atoms with E-state index >= 15 is 0 Å². The summed E-state index contributed by atoms with van der Waals surface area (Å²) >= 11 is 0. The summed E-state index contributed by atoms with van der Waals surface area (Å²) in [7, 11) is 0. The molecule has 2 bridgehead atoms. The van der Waals surface area contributed by atoms with Crippen LogP contribution in [0.15, 0.2) is 83.0 Å². The Morgan fingerprint density at radius 1 is 0.652 bits per heavy atom. The van der Waals surface area contributed by atoms with Gasteiger partial charge in [-0.2, -0.15) is 10.2 Å². The van der Waals surface area contributed by atoms with Crippen LogP contribution in [-0.4, -0.2) is 0 Å². The Balaban J connectivity index is 1.80. The summed E-state index contributed by atoms with van der Waals surface area (Å²) in [6.07, 6.45) is 4.70. The van der Waals surface area contributed by atoms with Crippen molar-refractivity contribution in [1.29, 1.82) is 0 Å². The Labute approximate surface area is 137 Å². The molecule has 2 heteroatoms. The molecular formula is C21H20N2. The van der Waals surface area contributed by atoms with E-state index < -0.39 is 0 Å². The molecule has 3 aliphatic rings. The first-order valence-corrected chi connectivity index (χ1v) is 8.38. The molecule has 23 heavy (non-hydrogen) atoms. The second kappa shape index (κ2) is 4.00. The van der Waals surface area contributed by atoms with Crippen molar-refractivity contribution >= 4 is 0 Å². The van der Waals surface area contributed by atoms with E-state index in [-0.39, 0.29) is 16.5 Å². The van der Waals surface area contributed by atoms with Crippen LogP contribution in [0.4, 0.5) is 0 Å². The largest absolute Gasteiger partial charge is 0.180 e. The van der Waals surface area contributed by atoms with Crippen molar-refractivity contribution in [2.24, 2.45) is 27.5 Å². The van der Waals surface area contributed by atoms with Crippen molar-refractivity contribution in [3.05, 3.63) is 83.9 Å². The maximum absolute atomic E-state index is 4.96. The molecule has 2 aromatic rings. The van der Waals surface area contributed by atoms with Gasteiger partial charge in [0.05, 0.1) is 0 Å². The van der Waals surface area contributed by atoms with E-state index in [1.807, 2.05) is 0 Å². The van der Waals surface area contributed by atoms with E-state index in [1.165, 1.54) is 11.1 Å². The van der Waals surface area contributed by atoms with Gasteiger partial charge in [0, 0.05) is 17.3 Å². The lowest BCUT2D eigenvalue weighted by Crippen LogP contribution is -2.43. The molecule has 2 aromatic carbocycles. The molecule has 0 saturated heterocycles. The van der Waals surface area contributed by atoms with E-state index in [0.717, 1.165) is 0 Å². The molecule has 0 amide bonds. The highest BCUT2D eigenvalue weighted by molar-refractivity contribution is 5.50. The quantitative estimate of drug-likeness (QED) is 0.691. The topological polar surface area (TPSA) is 24.7 Å². The van der Waals surface area contributed by atoms with Crippen molar-refractivity contribution in [3.63, 3.8) is 0 Å². The van der Waals surface area contributed by atoms with Crippen LogP contribution >= 0.6 is 0 Å². The standard InChI is InChI=1S/C21H20N2/c1-19(2)20(15-9-5-3-6-10-15)17-13-14-18(17)21(19,23-22-20)16-11-7-4-8-12-16/h3-14,17-18H,1-2H3/t17-,18-,20-,21+/m0/s1. The van der Waals surface area contributed by atoms with Gasteiger partial charge in [-0.05, 0) is 11.1 Å². The average molecular weight is 300 g/mol. The van der Waals surface area contributed by atoms with E-state index in [4.69, 9.17) is 10.2 Å². The maximum atomic E-state index is 4.96. The Morgan fingerprint density at radius 2 is 1.04 bits per heavy atom. The monoisotopic (exact) mass is 300 g/mol. The number of hydrogen-bond acceptors (Lipinski definition) is 2. The molecular weight excluding hydrogens is 280 g/mol. The van der Waals surface area contributed by atoms with Crippen LogP contribution < -0.4 is 0 Å². The van der Waals surface area contributed by atoms with Crippen LogP contribution in [0.25, 0.3) is 0 Å². The summed E-state index contributed by atoms with van der Waals surface area (Å²) in [6, 6.07) is 21.5. The SMILES string of the molecule is CC1(C)[C@]2(c3ccccc3)N=N[C@@]1(c1ccccc1)[C@H]1C=C[C@@H]12. The minimum atomic E-state index is -0.247. The highest BCUT2D eigenvalue weighted by Crippen LogP contribution is 2.76. The van der Waals surface area contributed by atoms with Gasteiger partial charge < -0.3 is 0 Å². The lowest BCUT2D eigenvalue weighted by molar-refractivity contribution is 0.160. The van der Waals surface area contributed by atoms with E-state index in [2.05, 4.69) is 86.7 Å². The van der Waals surface area contributed by atoms with Gasteiger partial charge >= 0.3 is 0 Å². The Bertz CT molecular complexity index is 754. The van der Waals surface area contributed by atoms with Crippen molar-refractivity contribution in [1.82, 2.24) is 0 Å². The second-order valence-electron chi connectivity index (χ2n) is 7.53. The molecule has 4 atom stereocenters. The molecule has 1 heterocycles. The van der Waals surface area contributed by atoms with Gasteiger partial charge in [-0.15, -0.1) is 0 Å². The average Bonchev–Trinajstić information content (AvgIpc) is 2.84. The molecule has 0 aromatic heterocycles. The number of benzene rings is 2. The summed E-state index contributed by atoms with van der Waals surface area (Å²) in [5, 5.41) is 9.93. The summed E-state index contributed by atoms with van der Waals surface area (Å²) in [4.78, 5) is 0. The third kappa shape index (κ3) is 1.21. The third-order valence-electron chi connectivity index (χ3n) is 6.58. The lowest BCUT2D eigenvalue weighted by atomic mass is 9.62. The molecule has 5 rings (SSSR count). The van der Waals surface area contributed by atoms with Crippen molar-refractivity contribution in [3.8, 4) is 0 Å². The number of fused-ring (bicyclic) bond motifs is 5. The van der Waals surface area contributed by atoms with E-state index in [0.29, 0.717) is 11.8 Å². The highest BCUT2D eigenvalue weighted by Gasteiger charge is 2.78. The van der Waals surface area contributed by atoms with Crippen LogP contribution in [0.5, 0.6) is 0 Å². The summed E-state index contributed by atoms with van der Waals surface area (Å²) in [5.74, 6) is 0.884. The molecule has 2 nitrogen and oxygen atoms in total. The third-order valence-corrected chi connectivity index (χ3v) is 6.58. The van der Waals surface area contributed by atoms with Gasteiger partial charge in [0.25, 0.3) is 0 Å². The zero-order chi connectivity index (χ0) is 15.7. The Hall–Kier alpha value is -2.22. The van der Waals surface area contributed by atoms with Crippen molar-refractivity contribution < 1.29 is 0 Å². The van der Waals surface area contributed by atoms with Gasteiger partial charge in [-0.3, -0.25) is 0 Å². The predicted molar refractivity (Wildman–Crippen MR) is 91.0 cm³/mol. The molecule has 0 radical (unpaired) electrons. The normalized spacial score (nSPS) is 38.3. The summed E-state index contributed by atoms with van der Waals surface area (Å²) in [5.41, 5.74) is 2.03. The number of hydrogen-bond donors (Lipinski definition) is 0. The van der Waals surface area contributed by atoms with Crippen LogP contribution in [0.2, 0.25) is 0 Å². The van der Waals surface area contributed by atoms with Crippen LogP contribution in [-0.2, 0) is 11.1 Å². The van der Waals surface area contributed by atoms with Gasteiger partial charge in [0.1, 0.15) is 11.1 Å². The van der Waals surface area contributed by atoms with Crippen molar-refractivity contribution in [2.45, 2.75) is 24.9 Å². The molecule has 2 aliphatic carbocycles. The number of azo groups is 1. The number of rotatable bonds is 2. The summed E-state index contributed by atoms with van der Waals surface area (Å²) < 4.78 is 0. The minimum Gasteiger partial charge on any atom is -0.180 e. The molecule has 0 N–H and O–H groups in total.